The average Bonchev–Trinajstić information content (AvgIpc) is 2.52. The number of ether oxygens (including phenoxy) is 2. The highest BCUT2D eigenvalue weighted by Crippen LogP contribution is 2.59. The third-order valence-electron chi connectivity index (χ3n) is 3.45. The first-order valence-electron chi connectivity index (χ1n) is 7.17. The molecule has 0 aromatic heterocycles. The lowest BCUT2D eigenvalue weighted by molar-refractivity contribution is -0.191. The smallest absolute Gasteiger partial charge is 0.337 e. The Balaban J connectivity index is 2.87. The Labute approximate surface area is 134 Å². The Morgan fingerprint density at radius 1 is 1.09 bits per heavy atom. The van der Waals surface area contributed by atoms with Crippen LogP contribution in [0.4, 0.5) is 0 Å². The van der Waals surface area contributed by atoms with E-state index in [9.17, 15) is 19.6 Å². The van der Waals surface area contributed by atoms with Crippen molar-refractivity contribution in [1.29, 1.82) is 5.26 Å². The molecule has 0 heterocycles. The van der Waals surface area contributed by atoms with Gasteiger partial charge in [-0.3, -0.25) is 4.57 Å². The molecule has 0 aliphatic rings. The van der Waals surface area contributed by atoms with Crippen LogP contribution in [0.2, 0.25) is 0 Å². The van der Waals surface area contributed by atoms with Crippen molar-refractivity contribution < 1.29 is 23.8 Å². The molecule has 0 aliphatic heterocycles. The first-order chi connectivity index (χ1) is 10.9. The van der Waals surface area contributed by atoms with Crippen LogP contribution in [0.3, 0.4) is 0 Å². The van der Waals surface area contributed by atoms with Crippen LogP contribution in [-0.2, 0) is 19.6 Å². The van der Waals surface area contributed by atoms with E-state index in [0.29, 0.717) is 16.3 Å². The standard InChI is InChI=1S/C16H18NO5P/c1-3-21-16(22-4-2,23(18,19)20)15-10-9-12(11-17)13-7-5-6-8-14(13)15/h5-10H,3-4H2,1-2H3,(H2,18,19,20). The normalized spacial score (nSPS) is 12.3. The van der Waals surface area contributed by atoms with Crippen molar-refractivity contribution in [3.8, 4) is 6.07 Å². The molecule has 122 valence electrons. The first kappa shape index (κ1) is 17.6. The van der Waals surface area contributed by atoms with Gasteiger partial charge in [0.1, 0.15) is 0 Å². The SMILES string of the molecule is CCOC(OCC)(c1ccc(C#N)c2ccccc12)P(=O)(O)O. The molecular formula is C16H18NO5P. The average molecular weight is 335 g/mol. The second-order valence-corrected chi connectivity index (χ2v) is 6.49. The number of benzene rings is 2. The van der Waals surface area contributed by atoms with E-state index >= 15 is 0 Å². The number of nitriles is 1. The summed E-state index contributed by atoms with van der Waals surface area (Å²) in [5.74, 6) is 0. The minimum Gasteiger partial charge on any atom is -0.337 e. The zero-order chi connectivity index (χ0) is 17.1. The summed E-state index contributed by atoms with van der Waals surface area (Å²) in [6, 6.07) is 12.0. The van der Waals surface area contributed by atoms with Gasteiger partial charge in [-0.2, -0.15) is 5.26 Å². The second kappa shape index (κ2) is 6.79. The van der Waals surface area contributed by atoms with Gasteiger partial charge in [0, 0.05) is 18.8 Å². The van der Waals surface area contributed by atoms with Gasteiger partial charge in [0.25, 0.3) is 0 Å². The number of hydrogen-bond donors (Lipinski definition) is 2. The predicted octanol–water partition coefficient (Wildman–Crippen LogP) is 3.07. The topological polar surface area (TPSA) is 99.8 Å². The van der Waals surface area contributed by atoms with Gasteiger partial charge >= 0.3 is 13.1 Å². The lowest BCUT2D eigenvalue weighted by Gasteiger charge is -2.34. The Morgan fingerprint density at radius 2 is 1.65 bits per heavy atom. The van der Waals surface area contributed by atoms with E-state index in [1.54, 1.807) is 38.1 Å². The van der Waals surface area contributed by atoms with E-state index in [1.165, 1.54) is 12.1 Å². The maximum atomic E-state index is 12.2. The van der Waals surface area contributed by atoms with Gasteiger partial charge in [0.15, 0.2) is 0 Å². The molecule has 0 atom stereocenters. The molecule has 0 bridgehead atoms. The van der Waals surface area contributed by atoms with Crippen LogP contribution in [-0.4, -0.2) is 23.0 Å². The molecule has 2 aromatic carbocycles. The Hall–Kier alpha value is -1.74. The van der Waals surface area contributed by atoms with Crippen molar-refractivity contribution in [3.05, 3.63) is 47.5 Å². The van der Waals surface area contributed by atoms with Crippen LogP contribution in [0.1, 0.15) is 25.0 Å². The van der Waals surface area contributed by atoms with Crippen LogP contribution in [0.5, 0.6) is 0 Å². The van der Waals surface area contributed by atoms with E-state index in [4.69, 9.17) is 9.47 Å². The van der Waals surface area contributed by atoms with Crippen molar-refractivity contribution in [3.63, 3.8) is 0 Å². The molecule has 7 heteroatoms. The van der Waals surface area contributed by atoms with Crippen molar-refractivity contribution >= 4 is 18.4 Å². The zero-order valence-corrected chi connectivity index (χ0v) is 13.8. The quantitative estimate of drug-likeness (QED) is 0.621. The van der Waals surface area contributed by atoms with Gasteiger partial charge in [-0.05, 0) is 30.7 Å². The summed E-state index contributed by atoms with van der Waals surface area (Å²) in [6.07, 6.45) is 0. The van der Waals surface area contributed by atoms with Crippen molar-refractivity contribution in [2.45, 2.75) is 19.4 Å². The van der Waals surface area contributed by atoms with Gasteiger partial charge in [-0.25, -0.2) is 0 Å². The largest absolute Gasteiger partial charge is 0.389 e. The van der Waals surface area contributed by atoms with Crippen molar-refractivity contribution in [1.82, 2.24) is 0 Å². The molecule has 6 nitrogen and oxygen atoms in total. The molecule has 0 spiro atoms. The number of nitrogens with zero attached hydrogens (tertiary/aromatic N) is 1. The fourth-order valence-corrected chi connectivity index (χ4v) is 3.69. The molecule has 0 unspecified atom stereocenters. The molecular weight excluding hydrogens is 317 g/mol. The Kier molecular flexibility index (Phi) is 5.20. The summed E-state index contributed by atoms with van der Waals surface area (Å²) < 4.78 is 23.1. The number of rotatable bonds is 6. The van der Waals surface area contributed by atoms with Crippen molar-refractivity contribution in [2.24, 2.45) is 0 Å². The van der Waals surface area contributed by atoms with Crippen LogP contribution in [0.25, 0.3) is 10.8 Å². The van der Waals surface area contributed by atoms with Crippen LogP contribution < -0.4 is 0 Å². The minimum atomic E-state index is -4.82. The highest BCUT2D eigenvalue weighted by Gasteiger charge is 2.52. The molecule has 0 aliphatic carbocycles. The predicted molar refractivity (Wildman–Crippen MR) is 85.6 cm³/mol. The maximum Gasteiger partial charge on any atom is 0.389 e. The third-order valence-corrected chi connectivity index (χ3v) is 4.71. The molecule has 2 N–H and O–H groups in total. The molecule has 0 saturated heterocycles. The molecule has 2 rings (SSSR count). The van der Waals surface area contributed by atoms with E-state index in [-0.39, 0.29) is 18.8 Å². The van der Waals surface area contributed by atoms with E-state index in [2.05, 4.69) is 6.07 Å². The van der Waals surface area contributed by atoms with E-state index in [1.807, 2.05) is 0 Å². The molecule has 0 fully saturated rings. The molecule has 0 saturated carbocycles. The number of fused-ring (bicyclic) bond motifs is 1. The van der Waals surface area contributed by atoms with Gasteiger partial charge < -0.3 is 19.3 Å². The van der Waals surface area contributed by atoms with Gasteiger partial charge in [0.2, 0.25) is 0 Å². The summed E-state index contributed by atoms with van der Waals surface area (Å²) in [5.41, 5.74) is -1.56. The molecule has 23 heavy (non-hydrogen) atoms. The lowest BCUT2D eigenvalue weighted by Crippen LogP contribution is -2.33. The second-order valence-electron chi connectivity index (χ2n) is 4.81. The van der Waals surface area contributed by atoms with Crippen LogP contribution in [0, 0.1) is 11.3 Å². The fraction of sp³-hybridized carbons (Fsp3) is 0.312. The third kappa shape index (κ3) is 3.02. The zero-order valence-electron chi connectivity index (χ0n) is 12.9. The summed E-state index contributed by atoms with van der Waals surface area (Å²) in [4.78, 5) is 19.9. The Morgan fingerprint density at radius 3 is 2.13 bits per heavy atom. The molecule has 0 radical (unpaired) electrons. The lowest BCUT2D eigenvalue weighted by atomic mass is 9.99. The number of hydrogen-bond acceptors (Lipinski definition) is 4. The van der Waals surface area contributed by atoms with Crippen molar-refractivity contribution in [2.75, 3.05) is 13.2 Å². The molecule has 2 aromatic rings. The van der Waals surface area contributed by atoms with Gasteiger partial charge in [-0.1, -0.05) is 30.3 Å². The fourth-order valence-electron chi connectivity index (χ4n) is 2.59. The summed E-state index contributed by atoms with van der Waals surface area (Å²) in [7, 11) is -4.82. The van der Waals surface area contributed by atoms with Gasteiger partial charge in [0.05, 0.1) is 11.6 Å². The molecule has 0 amide bonds. The highest BCUT2D eigenvalue weighted by molar-refractivity contribution is 7.52. The Bertz CT molecular complexity index is 787. The van der Waals surface area contributed by atoms with E-state index < -0.39 is 13.1 Å². The highest BCUT2D eigenvalue weighted by atomic mass is 31.2. The van der Waals surface area contributed by atoms with Gasteiger partial charge in [-0.15, -0.1) is 0 Å². The minimum absolute atomic E-state index is 0.0550. The maximum absolute atomic E-state index is 12.2. The van der Waals surface area contributed by atoms with E-state index in [0.717, 1.165) is 0 Å². The summed E-state index contributed by atoms with van der Waals surface area (Å²) >= 11 is 0. The monoisotopic (exact) mass is 335 g/mol. The van der Waals surface area contributed by atoms with Crippen LogP contribution in [0.15, 0.2) is 36.4 Å². The van der Waals surface area contributed by atoms with Crippen LogP contribution >= 0.6 is 7.60 Å². The first-order valence-corrected chi connectivity index (χ1v) is 8.78. The summed E-state index contributed by atoms with van der Waals surface area (Å²) in [6.45, 7) is 3.38. The summed E-state index contributed by atoms with van der Waals surface area (Å²) in [5, 5.41) is 10.3.